The van der Waals surface area contributed by atoms with E-state index in [-0.39, 0.29) is 16.7 Å². The molecule has 0 unspecified atom stereocenters. The van der Waals surface area contributed by atoms with Crippen LogP contribution in [0.3, 0.4) is 0 Å². The number of allylic oxidation sites excluding steroid dienone is 1. The van der Waals surface area contributed by atoms with Crippen molar-refractivity contribution in [3.63, 3.8) is 0 Å². The fourth-order valence-electron chi connectivity index (χ4n) is 2.03. The molecule has 0 spiro atoms. The number of primary amides is 1. The summed E-state index contributed by atoms with van der Waals surface area (Å²) in [6.07, 6.45) is 0.903. The normalized spacial score (nSPS) is 10.9. The van der Waals surface area contributed by atoms with Crippen molar-refractivity contribution in [2.75, 3.05) is 0 Å². The predicted molar refractivity (Wildman–Crippen MR) is 88.8 cm³/mol. The Morgan fingerprint density at radius 2 is 1.48 bits per heavy atom. The van der Waals surface area contributed by atoms with Gasteiger partial charge in [-0.2, -0.15) is 0 Å². The van der Waals surface area contributed by atoms with Gasteiger partial charge in [-0.15, -0.1) is 13.2 Å². The number of carbonyl (C=O) groups excluding carboxylic acids is 1. The highest BCUT2D eigenvalue weighted by atomic mass is 19.1. The van der Waals surface area contributed by atoms with E-state index in [0.717, 1.165) is 12.3 Å². The molecule has 0 saturated carbocycles. The minimum absolute atomic E-state index is 0.0323. The van der Waals surface area contributed by atoms with E-state index in [2.05, 4.69) is 13.2 Å². The second-order valence-corrected chi connectivity index (χ2v) is 4.32. The molecule has 3 N–H and O–H groups in total. The average Bonchev–Trinajstić information content (AvgIpc) is 2.54. The first-order valence-electron chi connectivity index (χ1n) is 6.59. The summed E-state index contributed by atoms with van der Waals surface area (Å²) in [5.74, 6) is -1.85. The van der Waals surface area contributed by atoms with Crippen LogP contribution in [0.5, 0.6) is 0 Å². The molecule has 0 bridgehead atoms. The van der Waals surface area contributed by atoms with Crippen molar-refractivity contribution in [3.8, 4) is 0 Å². The van der Waals surface area contributed by atoms with Crippen molar-refractivity contribution in [2.45, 2.75) is 0 Å². The molecule has 0 aliphatic rings. The smallest absolute Gasteiger partial charge is 0.249 e. The first-order valence-corrected chi connectivity index (χ1v) is 6.59. The molecule has 0 radical (unpaired) electrons. The van der Waals surface area contributed by atoms with Gasteiger partial charge in [0.05, 0.1) is 5.57 Å². The summed E-state index contributed by atoms with van der Waals surface area (Å²) in [4.78, 5) is 11.7. The minimum Gasteiger partial charge on any atom is -0.366 e. The van der Waals surface area contributed by atoms with Crippen LogP contribution in [0.4, 0.5) is 8.78 Å². The number of hydrogen-bond acceptors (Lipinski definition) is 2. The number of benzene rings is 2. The number of nitrogens with two attached hydrogens (primary N) is 1. The summed E-state index contributed by atoms with van der Waals surface area (Å²) in [7, 11) is 0. The molecule has 1 amide bonds. The van der Waals surface area contributed by atoms with Crippen molar-refractivity contribution in [1.29, 1.82) is 5.41 Å². The standard InChI is InChI=1S/C16H12F2N2O.C2H4/c17-12-5-1-3-10(7-12)14(9-19)15(16(20)21)11-4-2-6-13(18)8-11;1-2/h1-9,19H,(H2,20,21);1-2H2/b15-14+,19-9?;. The Morgan fingerprint density at radius 1 is 1.00 bits per heavy atom. The second-order valence-electron chi connectivity index (χ2n) is 4.32. The van der Waals surface area contributed by atoms with Gasteiger partial charge < -0.3 is 11.1 Å². The Labute approximate surface area is 133 Å². The summed E-state index contributed by atoms with van der Waals surface area (Å²) >= 11 is 0. The SMILES string of the molecule is C=C.N=C/C(=C(\C(N)=O)c1cccc(F)c1)c1cccc(F)c1. The minimum atomic E-state index is -0.816. The van der Waals surface area contributed by atoms with Crippen LogP contribution in [-0.2, 0) is 4.79 Å². The first kappa shape index (κ1) is 18.0. The van der Waals surface area contributed by atoms with E-state index >= 15 is 0 Å². The summed E-state index contributed by atoms with van der Waals surface area (Å²) in [6.45, 7) is 6.00. The number of halogens is 2. The van der Waals surface area contributed by atoms with Crippen LogP contribution < -0.4 is 5.73 Å². The van der Waals surface area contributed by atoms with E-state index in [4.69, 9.17) is 11.1 Å². The molecule has 0 atom stereocenters. The summed E-state index contributed by atoms with van der Waals surface area (Å²) < 4.78 is 26.7. The van der Waals surface area contributed by atoms with E-state index in [0.29, 0.717) is 5.56 Å². The van der Waals surface area contributed by atoms with Crippen LogP contribution >= 0.6 is 0 Å². The lowest BCUT2D eigenvalue weighted by Crippen LogP contribution is -2.15. The molecule has 118 valence electrons. The maximum absolute atomic E-state index is 13.3. The van der Waals surface area contributed by atoms with Crippen molar-refractivity contribution >= 4 is 23.3 Å². The molecule has 0 aliphatic heterocycles. The van der Waals surface area contributed by atoms with Gasteiger partial charge in [-0.3, -0.25) is 4.79 Å². The molecule has 23 heavy (non-hydrogen) atoms. The number of rotatable bonds is 4. The van der Waals surface area contributed by atoms with Crippen molar-refractivity contribution in [1.82, 2.24) is 0 Å². The van der Waals surface area contributed by atoms with E-state index < -0.39 is 17.5 Å². The largest absolute Gasteiger partial charge is 0.366 e. The molecule has 0 heterocycles. The van der Waals surface area contributed by atoms with Crippen LogP contribution in [0.2, 0.25) is 0 Å². The topological polar surface area (TPSA) is 66.9 Å². The van der Waals surface area contributed by atoms with Gasteiger partial charge >= 0.3 is 0 Å². The molecule has 0 aromatic heterocycles. The molecule has 2 aromatic carbocycles. The Morgan fingerprint density at radius 3 is 1.91 bits per heavy atom. The lowest BCUT2D eigenvalue weighted by molar-refractivity contribution is -0.112. The highest BCUT2D eigenvalue weighted by molar-refractivity contribution is 6.35. The maximum Gasteiger partial charge on any atom is 0.249 e. The third-order valence-electron chi connectivity index (χ3n) is 2.91. The summed E-state index contributed by atoms with van der Waals surface area (Å²) in [5.41, 5.74) is 6.02. The quantitative estimate of drug-likeness (QED) is 0.383. The number of hydrogen-bond donors (Lipinski definition) is 2. The highest BCUT2D eigenvalue weighted by Gasteiger charge is 2.16. The first-order chi connectivity index (χ1) is 11.0. The lowest BCUT2D eigenvalue weighted by atomic mass is 9.94. The van der Waals surface area contributed by atoms with Gasteiger partial charge in [0.25, 0.3) is 0 Å². The van der Waals surface area contributed by atoms with Gasteiger partial charge in [0.1, 0.15) is 11.6 Å². The summed E-state index contributed by atoms with van der Waals surface area (Å²) in [5, 5.41) is 7.49. The van der Waals surface area contributed by atoms with Crippen LogP contribution in [0, 0.1) is 17.0 Å². The van der Waals surface area contributed by atoms with Crippen LogP contribution in [-0.4, -0.2) is 12.1 Å². The lowest BCUT2D eigenvalue weighted by Gasteiger charge is -2.10. The third-order valence-corrected chi connectivity index (χ3v) is 2.91. The Balaban J connectivity index is 0.00000127. The zero-order chi connectivity index (χ0) is 17.4. The van der Waals surface area contributed by atoms with Crippen molar-refractivity contribution in [3.05, 3.63) is 84.5 Å². The highest BCUT2D eigenvalue weighted by Crippen LogP contribution is 2.26. The van der Waals surface area contributed by atoms with Crippen LogP contribution in [0.1, 0.15) is 11.1 Å². The van der Waals surface area contributed by atoms with Crippen molar-refractivity contribution < 1.29 is 13.6 Å². The average molecular weight is 314 g/mol. The fourth-order valence-corrected chi connectivity index (χ4v) is 2.03. The molecular formula is C18H16F2N2O. The maximum atomic E-state index is 13.3. The van der Waals surface area contributed by atoms with Gasteiger partial charge in [0.2, 0.25) is 5.91 Å². The second kappa shape index (κ2) is 8.38. The van der Waals surface area contributed by atoms with Gasteiger partial charge in [-0.25, -0.2) is 8.78 Å². The zero-order valence-corrected chi connectivity index (χ0v) is 12.4. The predicted octanol–water partition coefficient (Wildman–Crippen LogP) is 3.81. The molecule has 5 heteroatoms. The van der Waals surface area contributed by atoms with Gasteiger partial charge in [0.15, 0.2) is 0 Å². The Hall–Kier alpha value is -3.08. The van der Waals surface area contributed by atoms with E-state index in [9.17, 15) is 13.6 Å². The molecule has 0 saturated heterocycles. The fraction of sp³-hybridized carbons (Fsp3) is 0. The van der Waals surface area contributed by atoms with Crippen LogP contribution in [0.15, 0.2) is 61.7 Å². The Bertz CT molecular complexity index is 754. The summed E-state index contributed by atoms with van der Waals surface area (Å²) in [6, 6.07) is 10.7. The zero-order valence-electron chi connectivity index (χ0n) is 12.4. The molecule has 3 nitrogen and oxygen atoms in total. The van der Waals surface area contributed by atoms with Gasteiger partial charge in [0, 0.05) is 11.8 Å². The molecule has 2 aromatic rings. The van der Waals surface area contributed by atoms with E-state index in [1.807, 2.05) is 0 Å². The van der Waals surface area contributed by atoms with Crippen LogP contribution in [0.25, 0.3) is 11.1 Å². The van der Waals surface area contributed by atoms with Gasteiger partial charge in [-0.05, 0) is 35.4 Å². The van der Waals surface area contributed by atoms with Gasteiger partial charge in [-0.1, -0.05) is 24.3 Å². The molecule has 2 rings (SSSR count). The van der Waals surface area contributed by atoms with E-state index in [1.54, 1.807) is 6.07 Å². The van der Waals surface area contributed by atoms with E-state index in [1.165, 1.54) is 36.4 Å². The Kier molecular flexibility index (Phi) is 6.55. The molecule has 0 fully saturated rings. The number of nitrogens with one attached hydrogen (secondary N) is 1. The number of carbonyl (C=O) groups is 1. The number of amides is 1. The monoisotopic (exact) mass is 314 g/mol. The van der Waals surface area contributed by atoms with Crippen molar-refractivity contribution in [2.24, 2.45) is 5.73 Å². The molecular weight excluding hydrogens is 298 g/mol. The molecule has 0 aliphatic carbocycles. The third kappa shape index (κ3) is 4.44.